The number of nitrogens with zero attached hydrogens (tertiary/aromatic N) is 2. The molecule has 2 N–H and O–H groups in total. The van der Waals surface area contributed by atoms with E-state index in [2.05, 4.69) is 4.90 Å². The van der Waals surface area contributed by atoms with Crippen LogP contribution >= 0.6 is 0 Å². The van der Waals surface area contributed by atoms with Crippen LogP contribution < -0.4 is 5.73 Å². The van der Waals surface area contributed by atoms with Gasteiger partial charge in [0.15, 0.2) is 0 Å². The predicted molar refractivity (Wildman–Crippen MR) is 85.9 cm³/mol. The van der Waals surface area contributed by atoms with Crippen molar-refractivity contribution in [3.63, 3.8) is 0 Å². The molecule has 0 aliphatic carbocycles. The molecule has 0 bridgehead atoms. The van der Waals surface area contributed by atoms with Crippen molar-refractivity contribution in [3.8, 4) is 0 Å². The van der Waals surface area contributed by atoms with Gasteiger partial charge in [0.2, 0.25) is 10.0 Å². The summed E-state index contributed by atoms with van der Waals surface area (Å²) >= 11 is 0. The number of aryl methyl sites for hydroxylation is 1. The van der Waals surface area contributed by atoms with Gasteiger partial charge in [-0.25, -0.2) is 8.42 Å². The summed E-state index contributed by atoms with van der Waals surface area (Å²) in [6.45, 7) is 6.65. The van der Waals surface area contributed by atoms with Crippen molar-refractivity contribution in [1.29, 1.82) is 0 Å². The van der Waals surface area contributed by atoms with Gasteiger partial charge in [-0.2, -0.15) is 4.31 Å². The summed E-state index contributed by atoms with van der Waals surface area (Å²) < 4.78 is 27.6. The summed E-state index contributed by atoms with van der Waals surface area (Å²) in [5, 5.41) is 0. The van der Waals surface area contributed by atoms with Gasteiger partial charge in [-0.1, -0.05) is 0 Å². The van der Waals surface area contributed by atoms with Crippen LogP contribution in [0, 0.1) is 20.8 Å². The molecular weight excluding hydrogens is 286 g/mol. The molecule has 118 valence electrons. The summed E-state index contributed by atoms with van der Waals surface area (Å²) in [4.78, 5) is 2.47. The molecule has 1 aromatic rings. The van der Waals surface area contributed by atoms with Gasteiger partial charge in [0.1, 0.15) is 0 Å². The van der Waals surface area contributed by atoms with Gasteiger partial charge in [0, 0.05) is 24.8 Å². The zero-order valence-electron chi connectivity index (χ0n) is 13.5. The van der Waals surface area contributed by atoms with E-state index in [1.165, 1.54) is 0 Å². The van der Waals surface area contributed by atoms with E-state index in [1.54, 1.807) is 11.2 Å². The van der Waals surface area contributed by atoms with Crippen molar-refractivity contribution in [2.45, 2.75) is 38.1 Å². The van der Waals surface area contributed by atoms with Crippen LogP contribution in [0.5, 0.6) is 0 Å². The molecule has 1 fully saturated rings. The second-order valence-electron chi connectivity index (χ2n) is 6.13. The lowest BCUT2D eigenvalue weighted by atomic mass is 10.1. The summed E-state index contributed by atoms with van der Waals surface area (Å²) in [5.41, 5.74) is 8.89. The second kappa shape index (κ2) is 5.59. The van der Waals surface area contributed by atoms with E-state index < -0.39 is 10.0 Å². The van der Waals surface area contributed by atoms with Gasteiger partial charge in [-0.3, -0.25) is 0 Å². The standard InChI is InChI=1S/C15H25N3O2S/c1-10-8-14(16)12(3)15(11(10)2)21(19,20)18-7-6-13(9-18)17(4)5/h8,13H,6-7,9,16H2,1-5H3. The molecule has 1 aliphatic rings. The molecule has 1 aliphatic heterocycles. The van der Waals surface area contributed by atoms with Crippen LogP contribution in [0.1, 0.15) is 23.1 Å². The van der Waals surface area contributed by atoms with Crippen molar-refractivity contribution >= 4 is 15.7 Å². The minimum Gasteiger partial charge on any atom is -0.398 e. The van der Waals surface area contributed by atoms with Crippen LogP contribution in [-0.2, 0) is 10.0 Å². The molecule has 0 radical (unpaired) electrons. The molecule has 1 saturated heterocycles. The van der Waals surface area contributed by atoms with Gasteiger partial charge in [-0.15, -0.1) is 0 Å². The largest absolute Gasteiger partial charge is 0.398 e. The molecule has 1 aromatic carbocycles. The minimum absolute atomic E-state index is 0.280. The van der Waals surface area contributed by atoms with Gasteiger partial charge < -0.3 is 10.6 Å². The van der Waals surface area contributed by atoms with E-state index in [4.69, 9.17) is 5.73 Å². The molecule has 1 heterocycles. The lowest BCUT2D eigenvalue weighted by Gasteiger charge is -2.23. The normalized spacial score (nSPS) is 20.4. The number of rotatable bonds is 3. The zero-order chi connectivity index (χ0) is 15.9. The van der Waals surface area contributed by atoms with E-state index in [9.17, 15) is 8.42 Å². The number of sulfonamides is 1. The van der Waals surface area contributed by atoms with Crippen LogP contribution in [-0.4, -0.2) is 50.8 Å². The Labute approximate surface area is 127 Å². The van der Waals surface area contributed by atoms with E-state index in [1.807, 2.05) is 34.0 Å². The fraction of sp³-hybridized carbons (Fsp3) is 0.600. The summed E-state index contributed by atoms with van der Waals surface area (Å²) in [5.74, 6) is 0. The molecule has 21 heavy (non-hydrogen) atoms. The average molecular weight is 311 g/mol. The maximum Gasteiger partial charge on any atom is 0.243 e. The number of anilines is 1. The van der Waals surface area contributed by atoms with E-state index >= 15 is 0 Å². The van der Waals surface area contributed by atoms with E-state index in [0.717, 1.165) is 17.5 Å². The van der Waals surface area contributed by atoms with Crippen molar-refractivity contribution < 1.29 is 8.42 Å². The maximum absolute atomic E-state index is 13.0. The van der Waals surface area contributed by atoms with Gasteiger partial charge in [-0.05, 0) is 64.0 Å². The third-order valence-electron chi connectivity index (χ3n) is 4.53. The Morgan fingerprint density at radius 1 is 1.24 bits per heavy atom. The summed E-state index contributed by atoms with van der Waals surface area (Å²) in [6.07, 6.45) is 0.867. The Hall–Kier alpha value is -1.11. The molecule has 0 spiro atoms. The fourth-order valence-electron chi connectivity index (χ4n) is 2.91. The fourth-order valence-corrected chi connectivity index (χ4v) is 4.93. The highest BCUT2D eigenvalue weighted by molar-refractivity contribution is 7.89. The molecule has 5 nitrogen and oxygen atoms in total. The van der Waals surface area contributed by atoms with Crippen LogP contribution in [0.15, 0.2) is 11.0 Å². The van der Waals surface area contributed by atoms with Crippen molar-refractivity contribution in [1.82, 2.24) is 9.21 Å². The molecule has 2 rings (SSSR count). The Bertz CT molecular complexity index is 627. The molecule has 0 aromatic heterocycles. The SMILES string of the molecule is Cc1cc(N)c(C)c(S(=O)(=O)N2CCC(N(C)C)C2)c1C. The molecule has 1 unspecified atom stereocenters. The van der Waals surface area contributed by atoms with Crippen LogP contribution in [0.25, 0.3) is 0 Å². The molecular formula is C15H25N3O2S. The number of nitrogens with two attached hydrogens (primary N) is 1. The Morgan fingerprint density at radius 2 is 1.86 bits per heavy atom. The third kappa shape index (κ3) is 2.80. The predicted octanol–water partition coefficient (Wildman–Crippen LogP) is 1.52. The number of benzene rings is 1. The Kier molecular flexibility index (Phi) is 4.33. The summed E-state index contributed by atoms with van der Waals surface area (Å²) in [6, 6.07) is 2.12. The Balaban J connectivity index is 2.47. The van der Waals surface area contributed by atoms with Gasteiger partial charge >= 0.3 is 0 Å². The average Bonchev–Trinajstić information content (AvgIpc) is 2.87. The van der Waals surface area contributed by atoms with Crippen molar-refractivity contribution in [3.05, 3.63) is 22.8 Å². The first-order chi connectivity index (χ1) is 9.66. The van der Waals surface area contributed by atoms with Crippen molar-refractivity contribution in [2.75, 3.05) is 32.9 Å². The monoisotopic (exact) mass is 311 g/mol. The molecule has 0 amide bonds. The van der Waals surface area contributed by atoms with Crippen LogP contribution in [0.3, 0.4) is 0 Å². The topological polar surface area (TPSA) is 66.6 Å². The van der Waals surface area contributed by atoms with E-state index in [0.29, 0.717) is 29.2 Å². The second-order valence-corrected chi connectivity index (χ2v) is 8.01. The highest BCUT2D eigenvalue weighted by Gasteiger charge is 2.35. The third-order valence-corrected chi connectivity index (χ3v) is 6.67. The molecule has 6 heteroatoms. The lowest BCUT2D eigenvalue weighted by molar-refractivity contribution is 0.302. The first kappa shape index (κ1) is 16.3. The van der Waals surface area contributed by atoms with Gasteiger partial charge in [0.25, 0.3) is 0 Å². The smallest absolute Gasteiger partial charge is 0.243 e. The first-order valence-electron chi connectivity index (χ1n) is 7.19. The lowest BCUT2D eigenvalue weighted by Crippen LogP contribution is -2.35. The zero-order valence-corrected chi connectivity index (χ0v) is 14.3. The number of likely N-dealkylation sites (N-methyl/N-ethyl adjacent to an activating group) is 1. The number of hydrogen-bond donors (Lipinski definition) is 1. The van der Waals surface area contributed by atoms with Crippen LogP contribution in [0.4, 0.5) is 5.69 Å². The molecule has 0 saturated carbocycles. The number of nitrogen functional groups attached to an aromatic ring is 1. The highest BCUT2D eigenvalue weighted by atomic mass is 32.2. The number of hydrogen-bond acceptors (Lipinski definition) is 4. The maximum atomic E-state index is 13.0. The summed E-state index contributed by atoms with van der Waals surface area (Å²) in [7, 11) is 0.491. The van der Waals surface area contributed by atoms with Crippen LogP contribution in [0.2, 0.25) is 0 Å². The quantitative estimate of drug-likeness (QED) is 0.860. The highest BCUT2D eigenvalue weighted by Crippen LogP contribution is 2.32. The van der Waals surface area contributed by atoms with E-state index in [-0.39, 0.29) is 6.04 Å². The molecule has 1 atom stereocenters. The Morgan fingerprint density at radius 3 is 2.38 bits per heavy atom. The first-order valence-corrected chi connectivity index (χ1v) is 8.63. The minimum atomic E-state index is -3.48. The van der Waals surface area contributed by atoms with Gasteiger partial charge in [0.05, 0.1) is 4.90 Å². The van der Waals surface area contributed by atoms with Crippen molar-refractivity contribution in [2.24, 2.45) is 0 Å².